The van der Waals surface area contributed by atoms with E-state index in [2.05, 4.69) is 0 Å². The number of amides is 3. The molecule has 1 aromatic carbocycles. The molecule has 0 radical (unpaired) electrons. The molecule has 3 amide bonds. The number of ether oxygens (including phenoxy) is 1. The van der Waals surface area contributed by atoms with Gasteiger partial charge in [0.1, 0.15) is 5.60 Å². The molecule has 0 N–H and O–H groups in total. The summed E-state index contributed by atoms with van der Waals surface area (Å²) in [6, 6.07) is 6.00. The van der Waals surface area contributed by atoms with Gasteiger partial charge in [0.25, 0.3) is 11.8 Å². The Kier molecular flexibility index (Phi) is 4.83. The highest BCUT2D eigenvalue weighted by Gasteiger charge is 2.58. The van der Waals surface area contributed by atoms with Crippen molar-refractivity contribution in [3.05, 3.63) is 35.4 Å². The van der Waals surface area contributed by atoms with Crippen LogP contribution in [0.2, 0.25) is 0 Å². The molecular formula is C22H26N2O6. The van der Waals surface area contributed by atoms with Gasteiger partial charge in [0.05, 0.1) is 22.6 Å². The van der Waals surface area contributed by atoms with Crippen molar-refractivity contribution in [1.29, 1.82) is 0 Å². The van der Waals surface area contributed by atoms with Crippen molar-refractivity contribution in [2.24, 2.45) is 5.41 Å². The Morgan fingerprint density at radius 1 is 1.03 bits per heavy atom. The van der Waals surface area contributed by atoms with Crippen LogP contribution in [0.3, 0.4) is 0 Å². The molecule has 1 saturated heterocycles. The lowest BCUT2D eigenvalue weighted by Gasteiger charge is -2.39. The second-order valence-electron chi connectivity index (χ2n) is 9.17. The second kappa shape index (κ2) is 7.11. The fourth-order valence-corrected chi connectivity index (χ4v) is 4.75. The fraction of sp³-hybridized carbons (Fsp3) is 0.545. The molecule has 0 spiro atoms. The zero-order chi connectivity index (χ0) is 21.7. The number of fused-ring (bicyclic) bond motifs is 2. The summed E-state index contributed by atoms with van der Waals surface area (Å²) in [5.74, 6) is -1.92. The number of carbonyl (C=O) groups is 4. The molecule has 160 valence electrons. The normalized spacial score (nSPS) is 25.8. The van der Waals surface area contributed by atoms with Crippen molar-refractivity contribution in [3.8, 4) is 0 Å². The van der Waals surface area contributed by atoms with E-state index in [1.165, 1.54) is 12.1 Å². The molecule has 8 heteroatoms. The highest BCUT2D eigenvalue weighted by Crippen LogP contribution is 2.48. The summed E-state index contributed by atoms with van der Waals surface area (Å²) < 4.78 is 5.52. The van der Waals surface area contributed by atoms with Crippen LogP contribution >= 0.6 is 0 Å². The highest BCUT2D eigenvalue weighted by atomic mass is 16.7. The van der Waals surface area contributed by atoms with E-state index in [1.807, 2.05) is 0 Å². The molecule has 2 heterocycles. The average molecular weight is 414 g/mol. The van der Waals surface area contributed by atoms with Crippen molar-refractivity contribution in [2.75, 3.05) is 6.54 Å². The largest absolute Gasteiger partial charge is 0.444 e. The molecule has 2 fully saturated rings. The summed E-state index contributed by atoms with van der Waals surface area (Å²) in [5, 5.41) is 0.559. The van der Waals surface area contributed by atoms with Gasteiger partial charge in [-0.2, -0.15) is 0 Å². The summed E-state index contributed by atoms with van der Waals surface area (Å²) >= 11 is 0. The predicted molar refractivity (Wildman–Crippen MR) is 105 cm³/mol. The fourth-order valence-electron chi connectivity index (χ4n) is 4.75. The quantitative estimate of drug-likeness (QED) is 0.690. The number of hydrogen-bond acceptors (Lipinski definition) is 6. The van der Waals surface area contributed by atoms with E-state index < -0.39 is 34.9 Å². The van der Waals surface area contributed by atoms with Crippen LogP contribution in [-0.2, 0) is 14.4 Å². The van der Waals surface area contributed by atoms with Gasteiger partial charge in [0.2, 0.25) is 0 Å². The molecule has 1 saturated carbocycles. The Hall–Kier alpha value is -2.90. The molecule has 8 nitrogen and oxygen atoms in total. The van der Waals surface area contributed by atoms with Gasteiger partial charge in [-0.3, -0.25) is 9.59 Å². The predicted octanol–water partition coefficient (Wildman–Crippen LogP) is 3.31. The number of imide groups is 1. The Morgan fingerprint density at radius 3 is 2.27 bits per heavy atom. The third kappa shape index (κ3) is 3.24. The zero-order valence-electron chi connectivity index (χ0n) is 17.5. The number of hydrogen-bond donors (Lipinski definition) is 0. The van der Waals surface area contributed by atoms with Crippen LogP contribution in [0.15, 0.2) is 24.3 Å². The standard InChI is InChI=1S/C22H26N2O6/c1-21(2,3)29-20(28)23-13-12-22(11-7-6-10-16(22)23)19(27)30-24-17(25)14-8-4-5-9-15(14)18(24)26/h4-5,8-9,16H,6-7,10-13H2,1-3H3/t16-,22+/m0/s1. The monoisotopic (exact) mass is 414 g/mol. The first-order valence-electron chi connectivity index (χ1n) is 10.3. The number of benzene rings is 1. The molecule has 3 aliphatic rings. The second-order valence-corrected chi connectivity index (χ2v) is 9.17. The van der Waals surface area contributed by atoms with Gasteiger partial charge in [0.15, 0.2) is 0 Å². The van der Waals surface area contributed by atoms with E-state index >= 15 is 0 Å². The maximum Gasteiger partial charge on any atom is 0.410 e. The van der Waals surface area contributed by atoms with Gasteiger partial charge >= 0.3 is 12.1 Å². The molecule has 0 aromatic heterocycles. The van der Waals surface area contributed by atoms with Crippen molar-refractivity contribution in [3.63, 3.8) is 0 Å². The van der Waals surface area contributed by atoms with Crippen LogP contribution in [-0.4, -0.2) is 52.0 Å². The number of hydroxylamine groups is 2. The summed E-state index contributed by atoms with van der Waals surface area (Å²) in [4.78, 5) is 58.2. The number of nitrogens with zero attached hydrogens (tertiary/aromatic N) is 2. The van der Waals surface area contributed by atoms with Gasteiger partial charge in [-0.15, -0.1) is 0 Å². The maximum absolute atomic E-state index is 13.3. The summed E-state index contributed by atoms with van der Waals surface area (Å²) in [6.45, 7) is 5.76. The van der Waals surface area contributed by atoms with E-state index in [0.29, 0.717) is 30.9 Å². The van der Waals surface area contributed by atoms with E-state index in [0.717, 1.165) is 12.8 Å². The Balaban J connectivity index is 1.55. The molecule has 2 atom stereocenters. The number of carbonyl (C=O) groups excluding carboxylic acids is 4. The minimum Gasteiger partial charge on any atom is -0.444 e. The average Bonchev–Trinajstić information content (AvgIpc) is 3.20. The van der Waals surface area contributed by atoms with Gasteiger partial charge in [0, 0.05) is 6.54 Å². The molecule has 0 unspecified atom stereocenters. The third-order valence-corrected chi connectivity index (χ3v) is 6.13. The van der Waals surface area contributed by atoms with Gasteiger partial charge in [-0.1, -0.05) is 30.0 Å². The third-order valence-electron chi connectivity index (χ3n) is 6.13. The van der Waals surface area contributed by atoms with Crippen molar-refractivity contribution in [2.45, 2.75) is 64.5 Å². The van der Waals surface area contributed by atoms with Crippen molar-refractivity contribution >= 4 is 23.9 Å². The number of rotatable bonds is 2. The van der Waals surface area contributed by atoms with E-state index in [1.54, 1.807) is 37.8 Å². The topological polar surface area (TPSA) is 93.2 Å². The summed E-state index contributed by atoms with van der Waals surface area (Å²) in [5.41, 5.74) is -1.15. The maximum atomic E-state index is 13.3. The lowest BCUT2D eigenvalue weighted by molar-refractivity contribution is -0.184. The number of likely N-dealkylation sites (tertiary alicyclic amines) is 1. The summed E-state index contributed by atoms with van der Waals surface area (Å²) in [6.07, 6.45) is 2.85. The molecular weight excluding hydrogens is 388 g/mol. The van der Waals surface area contributed by atoms with E-state index in [4.69, 9.17) is 9.57 Å². The van der Waals surface area contributed by atoms with Crippen LogP contribution in [0.5, 0.6) is 0 Å². The van der Waals surface area contributed by atoms with Gasteiger partial charge in [-0.25, -0.2) is 9.59 Å². The van der Waals surface area contributed by atoms with Crippen LogP contribution in [0.4, 0.5) is 4.79 Å². The first kappa shape index (κ1) is 20.4. The van der Waals surface area contributed by atoms with Crippen molar-refractivity contribution < 1.29 is 28.8 Å². The van der Waals surface area contributed by atoms with E-state index in [9.17, 15) is 19.2 Å². The molecule has 4 rings (SSSR count). The Morgan fingerprint density at radius 2 is 1.67 bits per heavy atom. The first-order valence-corrected chi connectivity index (χ1v) is 10.3. The van der Waals surface area contributed by atoms with Crippen LogP contribution in [0.1, 0.15) is 73.6 Å². The van der Waals surface area contributed by atoms with Crippen LogP contribution in [0.25, 0.3) is 0 Å². The molecule has 1 aliphatic carbocycles. The van der Waals surface area contributed by atoms with Crippen LogP contribution in [0, 0.1) is 5.41 Å². The van der Waals surface area contributed by atoms with Gasteiger partial charge < -0.3 is 14.5 Å². The summed E-state index contributed by atoms with van der Waals surface area (Å²) in [7, 11) is 0. The minimum atomic E-state index is -0.940. The molecule has 0 bridgehead atoms. The van der Waals surface area contributed by atoms with Crippen LogP contribution < -0.4 is 0 Å². The lowest BCUT2D eigenvalue weighted by Crippen LogP contribution is -2.51. The smallest absolute Gasteiger partial charge is 0.410 e. The molecule has 30 heavy (non-hydrogen) atoms. The van der Waals surface area contributed by atoms with Crippen molar-refractivity contribution in [1.82, 2.24) is 9.96 Å². The van der Waals surface area contributed by atoms with E-state index in [-0.39, 0.29) is 17.2 Å². The molecule has 2 aliphatic heterocycles. The zero-order valence-corrected chi connectivity index (χ0v) is 17.5. The Bertz CT molecular complexity index is 885. The highest BCUT2D eigenvalue weighted by molar-refractivity contribution is 6.20. The lowest BCUT2D eigenvalue weighted by atomic mass is 9.70. The SMILES string of the molecule is CC(C)(C)OC(=O)N1CC[C@]2(C(=O)ON3C(=O)c4ccccc4C3=O)CCCC[C@H]12. The molecule has 1 aromatic rings. The first-order chi connectivity index (χ1) is 14.1. The minimum absolute atomic E-state index is 0.217. The Labute approximate surface area is 175 Å². The van der Waals surface area contributed by atoms with Gasteiger partial charge in [-0.05, 0) is 52.2 Å².